The molecule has 5 nitrogen and oxygen atoms in total. The van der Waals surface area contributed by atoms with Crippen LogP contribution in [0.15, 0.2) is 76.0 Å². The Morgan fingerprint density at radius 1 is 1.14 bits per heavy atom. The molecule has 0 saturated heterocycles. The van der Waals surface area contributed by atoms with Crippen LogP contribution in [0.25, 0.3) is 10.2 Å². The number of nitrogens with one attached hydrogen (secondary N) is 1. The van der Waals surface area contributed by atoms with Crippen LogP contribution in [0.2, 0.25) is 0 Å². The highest BCUT2D eigenvalue weighted by Gasteiger charge is 2.11. The average Bonchev–Trinajstić information content (AvgIpc) is 3.11. The van der Waals surface area contributed by atoms with Gasteiger partial charge in [0.25, 0.3) is 5.91 Å². The van der Waals surface area contributed by atoms with Gasteiger partial charge in [0.15, 0.2) is 4.34 Å². The fourth-order valence-electron chi connectivity index (χ4n) is 2.76. The molecule has 7 heteroatoms. The van der Waals surface area contributed by atoms with E-state index >= 15 is 0 Å². The number of thiazole rings is 1. The molecule has 0 spiro atoms. The van der Waals surface area contributed by atoms with E-state index in [1.807, 2.05) is 49.4 Å². The van der Waals surface area contributed by atoms with Crippen molar-refractivity contribution in [3.63, 3.8) is 0 Å². The maximum absolute atomic E-state index is 12.3. The van der Waals surface area contributed by atoms with Crippen LogP contribution in [0.1, 0.15) is 17.3 Å². The molecule has 0 atom stereocenters. The van der Waals surface area contributed by atoms with Gasteiger partial charge < -0.3 is 15.2 Å². The van der Waals surface area contributed by atoms with E-state index in [2.05, 4.69) is 10.3 Å². The minimum absolute atomic E-state index is 0.0412. The van der Waals surface area contributed by atoms with Crippen molar-refractivity contribution in [1.82, 2.24) is 4.98 Å². The van der Waals surface area contributed by atoms with E-state index in [0.29, 0.717) is 12.3 Å². The number of phenols is 1. The van der Waals surface area contributed by atoms with Crippen LogP contribution in [-0.2, 0) is 0 Å². The van der Waals surface area contributed by atoms with Gasteiger partial charge in [-0.15, -0.1) is 11.3 Å². The third kappa shape index (κ3) is 4.52. The fraction of sp³-hybridized carbons (Fsp3) is 0.0909. The molecule has 0 radical (unpaired) electrons. The highest BCUT2D eigenvalue weighted by Crippen LogP contribution is 2.36. The molecular formula is C22H18N2O3S2. The fourth-order valence-corrected chi connectivity index (χ4v) is 4.82. The zero-order valence-electron chi connectivity index (χ0n) is 15.6. The van der Waals surface area contributed by atoms with Crippen molar-refractivity contribution >= 4 is 44.9 Å². The molecule has 1 aromatic heterocycles. The van der Waals surface area contributed by atoms with Crippen LogP contribution >= 0.6 is 23.1 Å². The Balaban J connectivity index is 1.45. The van der Waals surface area contributed by atoms with Crippen molar-refractivity contribution < 1.29 is 14.6 Å². The number of fused-ring (bicyclic) bond motifs is 1. The van der Waals surface area contributed by atoms with Crippen LogP contribution in [0, 0.1) is 0 Å². The Kier molecular flexibility index (Phi) is 5.69. The molecule has 4 aromatic rings. The number of carbonyl (C=O) groups is 1. The van der Waals surface area contributed by atoms with E-state index in [1.165, 1.54) is 6.07 Å². The maximum Gasteiger partial charge on any atom is 0.259 e. The number of carbonyl (C=O) groups excluding carboxylic acids is 1. The van der Waals surface area contributed by atoms with E-state index in [1.54, 1.807) is 41.3 Å². The average molecular weight is 423 g/mol. The van der Waals surface area contributed by atoms with Crippen molar-refractivity contribution in [1.29, 1.82) is 0 Å². The van der Waals surface area contributed by atoms with Gasteiger partial charge in [0, 0.05) is 10.6 Å². The van der Waals surface area contributed by atoms with E-state index in [-0.39, 0.29) is 17.2 Å². The molecule has 3 aromatic carbocycles. The monoisotopic (exact) mass is 422 g/mol. The Hall–Kier alpha value is -3.03. The van der Waals surface area contributed by atoms with Gasteiger partial charge in [-0.1, -0.05) is 23.9 Å². The smallest absolute Gasteiger partial charge is 0.259 e. The van der Waals surface area contributed by atoms with Gasteiger partial charge in [0.05, 0.1) is 22.4 Å². The quantitative estimate of drug-likeness (QED) is 0.411. The Morgan fingerprint density at radius 2 is 1.93 bits per heavy atom. The molecule has 0 fully saturated rings. The second-order valence-corrected chi connectivity index (χ2v) is 8.49. The van der Waals surface area contributed by atoms with Gasteiger partial charge in [-0.2, -0.15) is 0 Å². The van der Waals surface area contributed by atoms with Gasteiger partial charge in [-0.05, 0) is 61.5 Å². The summed E-state index contributed by atoms with van der Waals surface area (Å²) in [7, 11) is 0. The number of anilines is 1. The molecule has 29 heavy (non-hydrogen) atoms. The van der Waals surface area contributed by atoms with Crippen LogP contribution < -0.4 is 10.1 Å². The topological polar surface area (TPSA) is 71.5 Å². The van der Waals surface area contributed by atoms with Gasteiger partial charge in [0.2, 0.25) is 0 Å². The Labute approximate surface area is 176 Å². The number of para-hydroxylation sites is 1. The summed E-state index contributed by atoms with van der Waals surface area (Å²) in [5, 5.41) is 12.6. The maximum atomic E-state index is 12.3. The van der Waals surface area contributed by atoms with E-state index in [9.17, 15) is 9.90 Å². The number of rotatable bonds is 6. The predicted molar refractivity (Wildman–Crippen MR) is 117 cm³/mol. The second-order valence-electron chi connectivity index (χ2n) is 6.14. The molecule has 0 aliphatic rings. The van der Waals surface area contributed by atoms with Crippen LogP contribution in [0.4, 0.5) is 5.69 Å². The highest BCUT2D eigenvalue weighted by atomic mass is 32.2. The first-order valence-electron chi connectivity index (χ1n) is 9.03. The Bertz CT molecular complexity index is 1160. The number of phenolic OH excluding ortho intramolecular Hbond substituents is 1. The lowest BCUT2D eigenvalue weighted by Crippen LogP contribution is -2.11. The molecule has 2 N–H and O–H groups in total. The molecule has 1 amide bonds. The Morgan fingerprint density at radius 3 is 2.69 bits per heavy atom. The number of amides is 1. The van der Waals surface area contributed by atoms with Gasteiger partial charge in [-0.3, -0.25) is 4.79 Å². The predicted octanol–water partition coefficient (Wildman–Crippen LogP) is 5.80. The second kappa shape index (κ2) is 8.55. The normalized spacial score (nSPS) is 10.8. The summed E-state index contributed by atoms with van der Waals surface area (Å²) in [6.45, 7) is 2.60. The third-order valence-electron chi connectivity index (χ3n) is 4.12. The van der Waals surface area contributed by atoms with E-state index in [4.69, 9.17) is 4.74 Å². The van der Waals surface area contributed by atoms with E-state index in [0.717, 1.165) is 25.2 Å². The first kappa shape index (κ1) is 19.3. The lowest BCUT2D eigenvalue weighted by molar-refractivity contribution is 0.102. The summed E-state index contributed by atoms with van der Waals surface area (Å²) < 4.78 is 7.58. The molecule has 4 rings (SSSR count). The summed E-state index contributed by atoms with van der Waals surface area (Å²) in [4.78, 5) is 18.0. The van der Waals surface area contributed by atoms with E-state index < -0.39 is 0 Å². The lowest BCUT2D eigenvalue weighted by atomic mass is 10.2. The molecule has 0 aliphatic heterocycles. The summed E-state index contributed by atoms with van der Waals surface area (Å²) in [5.41, 5.74) is 1.85. The van der Waals surface area contributed by atoms with Gasteiger partial charge >= 0.3 is 0 Å². The SMILES string of the molecule is CCOc1ccc2nc(Sc3ccc(NC(=O)c4ccccc4O)cc3)sc2c1. The summed E-state index contributed by atoms with van der Waals surface area (Å²) in [5.74, 6) is 0.463. The van der Waals surface area contributed by atoms with Gasteiger partial charge in [-0.25, -0.2) is 4.98 Å². The number of nitrogens with zero attached hydrogens (tertiary/aromatic N) is 1. The largest absolute Gasteiger partial charge is 0.507 e. The van der Waals surface area contributed by atoms with Crippen molar-refractivity contribution in [3.8, 4) is 11.5 Å². The number of aromatic nitrogens is 1. The molecule has 0 unspecified atom stereocenters. The number of hydrogen-bond acceptors (Lipinski definition) is 6. The summed E-state index contributed by atoms with van der Waals surface area (Å²) >= 11 is 3.19. The molecule has 146 valence electrons. The lowest BCUT2D eigenvalue weighted by Gasteiger charge is -2.07. The van der Waals surface area contributed by atoms with Crippen LogP contribution in [-0.4, -0.2) is 22.6 Å². The number of ether oxygens (including phenoxy) is 1. The zero-order chi connectivity index (χ0) is 20.2. The van der Waals surface area contributed by atoms with Crippen LogP contribution in [0.3, 0.4) is 0 Å². The van der Waals surface area contributed by atoms with Crippen molar-refractivity contribution in [2.75, 3.05) is 11.9 Å². The summed E-state index contributed by atoms with van der Waals surface area (Å²) in [6, 6.07) is 19.9. The minimum Gasteiger partial charge on any atom is -0.507 e. The minimum atomic E-state index is -0.347. The van der Waals surface area contributed by atoms with Gasteiger partial charge in [0.1, 0.15) is 11.5 Å². The molecule has 0 aliphatic carbocycles. The molecule has 0 bridgehead atoms. The molecular weight excluding hydrogens is 404 g/mol. The third-order valence-corrected chi connectivity index (χ3v) is 6.20. The first-order chi connectivity index (χ1) is 14.1. The van der Waals surface area contributed by atoms with Crippen LogP contribution in [0.5, 0.6) is 11.5 Å². The molecule has 0 saturated carbocycles. The standard InChI is InChI=1S/C22H18N2O3S2/c1-2-27-15-9-12-18-20(13-15)29-22(24-18)28-16-10-7-14(8-11-16)23-21(26)17-5-3-4-6-19(17)25/h3-13,25H,2H2,1H3,(H,23,26). The molecule has 1 heterocycles. The van der Waals surface area contributed by atoms with Crippen molar-refractivity contribution in [2.45, 2.75) is 16.2 Å². The number of hydrogen-bond donors (Lipinski definition) is 2. The number of aromatic hydroxyl groups is 1. The van der Waals surface area contributed by atoms with Crippen molar-refractivity contribution in [3.05, 3.63) is 72.3 Å². The first-order valence-corrected chi connectivity index (χ1v) is 10.7. The highest BCUT2D eigenvalue weighted by molar-refractivity contribution is 8.01. The number of benzene rings is 3. The van der Waals surface area contributed by atoms with Crippen molar-refractivity contribution in [2.24, 2.45) is 0 Å². The zero-order valence-corrected chi connectivity index (χ0v) is 17.2. The summed E-state index contributed by atoms with van der Waals surface area (Å²) in [6.07, 6.45) is 0.